The predicted octanol–water partition coefficient (Wildman–Crippen LogP) is 2.48. The van der Waals surface area contributed by atoms with E-state index < -0.39 is 12.0 Å². The van der Waals surface area contributed by atoms with Crippen molar-refractivity contribution in [2.24, 2.45) is 5.73 Å². The lowest BCUT2D eigenvalue weighted by molar-refractivity contribution is 0.0611. The first-order chi connectivity index (χ1) is 6.37. The molecule has 0 aliphatic rings. The summed E-state index contributed by atoms with van der Waals surface area (Å²) in [6.07, 6.45) is -2.80. The molecule has 0 saturated heterocycles. The Bertz CT molecular complexity index is 321. The van der Waals surface area contributed by atoms with Crippen LogP contribution in [0.4, 0.5) is 8.78 Å². The maximum absolute atomic E-state index is 12.6. The fourth-order valence-electron chi connectivity index (χ4n) is 1.16. The van der Waals surface area contributed by atoms with Gasteiger partial charge in [0, 0.05) is 10.6 Å². The number of alkyl halides is 2. The van der Waals surface area contributed by atoms with Crippen molar-refractivity contribution in [1.29, 1.82) is 0 Å². The average Bonchev–Trinajstić information content (AvgIpc) is 2.02. The molecule has 1 rings (SSSR count). The molecule has 0 aliphatic heterocycles. The largest absolute Gasteiger partial charge is 0.508 e. The monoisotopic (exact) mass is 221 g/mol. The highest BCUT2D eigenvalue weighted by Gasteiger charge is 2.36. The second kappa shape index (κ2) is 3.71. The number of nitrogens with two attached hydrogens (primary N) is 1. The van der Waals surface area contributed by atoms with Crippen molar-refractivity contribution in [1.82, 2.24) is 0 Å². The van der Waals surface area contributed by atoms with E-state index in [4.69, 9.17) is 17.3 Å². The lowest BCUT2D eigenvalue weighted by atomic mass is 9.93. The maximum atomic E-state index is 12.6. The third kappa shape index (κ3) is 1.81. The van der Waals surface area contributed by atoms with Crippen LogP contribution in [0.5, 0.6) is 5.75 Å². The van der Waals surface area contributed by atoms with Gasteiger partial charge in [-0.15, -0.1) is 0 Å². The first-order valence-electron chi connectivity index (χ1n) is 3.92. The van der Waals surface area contributed by atoms with Gasteiger partial charge in [-0.2, -0.15) is 0 Å². The topological polar surface area (TPSA) is 46.2 Å². The van der Waals surface area contributed by atoms with Crippen LogP contribution < -0.4 is 5.73 Å². The molecule has 78 valence electrons. The molecular formula is C9H10ClF2NO. The molecule has 1 atom stereocenters. The van der Waals surface area contributed by atoms with Crippen LogP contribution in [-0.2, 0) is 5.54 Å². The Balaban J connectivity index is 3.31. The zero-order valence-electron chi connectivity index (χ0n) is 7.47. The minimum Gasteiger partial charge on any atom is -0.508 e. The zero-order chi connectivity index (χ0) is 10.9. The molecule has 0 spiro atoms. The van der Waals surface area contributed by atoms with E-state index in [-0.39, 0.29) is 16.3 Å². The van der Waals surface area contributed by atoms with Crippen LogP contribution in [-0.4, -0.2) is 11.5 Å². The van der Waals surface area contributed by atoms with Gasteiger partial charge in [-0.1, -0.05) is 17.7 Å². The number of hydrogen-bond donors (Lipinski definition) is 2. The van der Waals surface area contributed by atoms with Gasteiger partial charge in [-0.3, -0.25) is 0 Å². The van der Waals surface area contributed by atoms with Crippen molar-refractivity contribution in [3.05, 3.63) is 28.8 Å². The van der Waals surface area contributed by atoms with E-state index in [1.54, 1.807) is 0 Å². The van der Waals surface area contributed by atoms with Crippen molar-refractivity contribution < 1.29 is 13.9 Å². The van der Waals surface area contributed by atoms with Crippen LogP contribution in [0, 0.1) is 0 Å². The average molecular weight is 222 g/mol. The number of halogens is 3. The fraction of sp³-hybridized carbons (Fsp3) is 0.333. The van der Waals surface area contributed by atoms with Gasteiger partial charge >= 0.3 is 0 Å². The molecule has 0 aliphatic carbocycles. The van der Waals surface area contributed by atoms with Gasteiger partial charge in [0.15, 0.2) is 0 Å². The molecule has 3 N–H and O–H groups in total. The summed E-state index contributed by atoms with van der Waals surface area (Å²) in [5, 5.41) is 9.42. The lowest BCUT2D eigenvalue weighted by Crippen LogP contribution is -2.40. The number of hydrogen-bond acceptors (Lipinski definition) is 2. The molecule has 0 saturated carbocycles. The molecule has 1 aromatic rings. The van der Waals surface area contributed by atoms with E-state index >= 15 is 0 Å². The minimum atomic E-state index is -2.80. The van der Waals surface area contributed by atoms with Crippen LogP contribution in [0.1, 0.15) is 12.5 Å². The molecule has 0 heterocycles. The van der Waals surface area contributed by atoms with Crippen molar-refractivity contribution >= 4 is 11.6 Å². The molecule has 0 aromatic heterocycles. The summed E-state index contributed by atoms with van der Waals surface area (Å²) in [6.45, 7) is 1.12. The van der Waals surface area contributed by atoms with Crippen LogP contribution in [0.25, 0.3) is 0 Å². The Kier molecular flexibility index (Phi) is 2.97. The van der Waals surface area contributed by atoms with E-state index in [2.05, 4.69) is 0 Å². The SMILES string of the molecule is CC(N)(c1c(O)cccc1Cl)C(F)F. The summed E-state index contributed by atoms with van der Waals surface area (Å²) in [5.41, 5.74) is 3.32. The van der Waals surface area contributed by atoms with Gasteiger partial charge in [-0.05, 0) is 19.1 Å². The van der Waals surface area contributed by atoms with Gasteiger partial charge in [0.2, 0.25) is 0 Å². The van der Waals surface area contributed by atoms with E-state index in [9.17, 15) is 13.9 Å². The van der Waals surface area contributed by atoms with Crippen LogP contribution in [0.15, 0.2) is 18.2 Å². The smallest absolute Gasteiger partial charge is 0.260 e. The van der Waals surface area contributed by atoms with E-state index in [0.29, 0.717) is 0 Å². The van der Waals surface area contributed by atoms with E-state index in [1.165, 1.54) is 18.2 Å². The van der Waals surface area contributed by atoms with E-state index in [0.717, 1.165) is 6.92 Å². The summed E-state index contributed by atoms with van der Waals surface area (Å²) in [5.74, 6) is -0.317. The zero-order valence-corrected chi connectivity index (χ0v) is 8.22. The first-order valence-corrected chi connectivity index (χ1v) is 4.30. The molecule has 14 heavy (non-hydrogen) atoms. The Morgan fingerprint density at radius 1 is 1.50 bits per heavy atom. The van der Waals surface area contributed by atoms with Crippen molar-refractivity contribution in [3.8, 4) is 5.75 Å². The van der Waals surface area contributed by atoms with Gasteiger partial charge in [-0.25, -0.2) is 8.78 Å². The predicted molar refractivity (Wildman–Crippen MR) is 50.7 cm³/mol. The number of benzene rings is 1. The molecule has 0 amide bonds. The summed E-state index contributed by atoms with van der Waals surface area (Å²) in [4.78, 5) is 0. The van der Waals surface area contributed by atoms with Crippen LogP contribution in [0.3, 0.4) is 0 Å². The highest BCUT2D eigenvalue weighted by atomic mass is 35.5. The highest BCUT2D eigenvalue weighted by Crippen LogP contribution is 2.36. The third-order valence-electron chi connectivity index (χ3n) is 1.98. The molecule has 0 bridgehead atoms. The number of phenols is 1. The molecule has 1 aromatic carbocycles. The standard InChI is InChI=1S/C9H10ClF2NO/c1-9(13,8(11)12)7-5(10)3-2-4-6(7)14/h2-4,8,14H,13H2,1H3. The fourth-order valence-corrected chi connectivity index (χ4v) is 1.53. The van der Waals surface area contributed by atoms with Gasteiger partial charge < -0.3 is 10.8 Å². The second-order valence-corrected chi connectivity index (χ2v) is 3.62. The maximum Gasteiger partial charge on any atom is 0.260 e. The summed E-state index contributed by atoms with van der Waals surface area (Å²) < 4.78 is 25.1. The van der Waals surface area contributed by atoms with E-state index in [1.807, 2.05) is 0 Å². The molecular weight excluding hydrogens is 212 g/mol. The summed E-state index contributed by atoms with van der Waals surface area (Å²) >= 11 is 5.68. The molecule has 0 radical (unpaired) electrons. The lowest BCUT2D eigenvalue weighted by Gasteiger charge is -2.25. The Morgan fingerprint density at radius 2 is 2.07 bits per heavy atom. The Morgan fingerprint density at radius 3 is 2.50 bits per heavy atom. The Hall–Kier alpha value is -0.870. The molecule has 0 fully saturated rings. The number of rotatable bonds is 2. The third-order valence-corrected chi connectivity index (χ3v) is 2.30. The second-order valence-electron chi connectivity index (χ2n) is 3.22. The molecule has 5 heteroatoms. The van der Waals surface area contributed by atoms with Gasteiger partial charge in [0.05, 0.1) is 0 Å². The van der Waals surface area contributed by atoms with Crippen LogP contribution in [0.2, 0.25) is 5.02 Å². The van der Waals surface area contributed by atoms with Gasteiger partial charge in [0.1, 0.15) is 11.3 Å². The normalized spacial score (nSPS) is 15.6. The van der Waals surface area contributed by atoms with Crippen LogP contribution >= 0.6 is 11.6 Å². The van der Waals surface area contributed by atoms with Gasteiger partial charge in [0.25, 0.3) is 6.43 Å². The highest BCUT2D eigenvalue weighted by molar-refractivity contribution is 6.31. The Labute approximate surface area is 85.3 Å². The van der Waals surface area contributed by atoms with Crippen molar-refractivity contribution in [2.75, 3.05) is 0 Å². The first kappa shape index (κ1) is 11.2. The molecule has 1 unspecified atom stereocenters. The number of phenolic OH excluding ortho intramolecular Hbond substituents is 1. The summed E-state index contributed by atoms with van der Waals surface area (Å²) in [6, 6.07) is 4.14. The van der Waals surface area contributed by atoms with Crippen molar-refractivity contribution in [2.45, 2.75) is 18.9 Å². The summed E-state index contributed by atoms with van der Waals surface area (Å²) in [7, 11) is 0. The number of aromatic hydroxyl groups is 1. The quantitative estimate of drug-likeness (QED) is 0.806. The minimum absolute atomic E-state index is 0.0373. The molecule has 2 nitrogen and oxygen atoms in total. The van der Waals surface area contributed by atoms with Crippen molar-refractivity contribution in [3.63, 3.8) is 0 Å².